The lowest BCUT2D eigenvalue weighted by atomic mass is 9.81. The summed E-state index contributed by atoms with van der Waals surface area (Å²) in [4.78, 5) is 22.6. The van der Waals surface area contributed by atoms with Gasteiger partial charge in [-0.3, -0.25) is 14.9 Å². The normalized spacial score (nSPS) is 16.1. The molecule has 1 aliphatic heterocycles. The van der Waals surface area contributed by atoms with Crippen LogP contribution in [0.4, 0.5) is 5.69 Å². The number of nitro groups is 1. The molecule has 0 saturated carbocycles. The van der Waals surface area contributed by atoms with Gasteiger partial charge in [-0.05, 0) is 37.4 Å². The Morgan fingerprint density at radius 3 is 2.65 bits per heavy atom. The zero-order valence-electron chi connectivity index (χ0n) is 13.3. The number of halogens is 1. The van der Waals surface area contributed by atoms with Crippen LogP contribution in [0.15, 0.2) is 18.2 Å². The summed E-state index contributed by atoms with van der Waals surface area (Å²) in [5.41, 5.74) is 0.301. The van der Waals surface area contributed by atoms with Gasteiger partial charge in [0.25, 0.3) is 5.91 Å². The van der Waals surface area contributed by atoms with Crippen molar-refractivity contribution < 1.29 is 14.5 Å². The number of nitrogens with zero attached hydrogens (tertiary/aromatic N) is 1. The van der Waals surface area contributed by atoms with E-state index in [0.29, 0.717) is 12.1 Å². The molecule has 23 heavy (non-hydrogen) atoms. The van der Waals surface area contributed by atoms with E-state index in [1.807, 2.05) is 0 Å². The van der Waals surface area contributed by atoms with Crippen LogP contribution in [0.2, 0.25) is 0 Å². The zero-order chi connectivity index (χ0) is 16.2. The molecule has 0 aliphatic carbocycles. The molecular weight excluding hydrogens is 322 g/mol. The van der Waals surface area contributed by atoms with Gasteiger partial charge in [-0.1, -0.05) is 6.92 Å². The van der Waals surface area contributed by atoms with Crippen molar-refractivity contribution in [2.75, 3.05) is 26.7 Å². The Hall–Kier alpha value is -1.86. The summed E-state index contributed by atoms with van der Waals surface area (Å²) in [7, 11) is 1.35. The van der Waals surface area contributed by atoms with E-state index in [-0.39, 0.29) is 35.2 Å². The van der Waals surface area contributed by atoms with E-state index >= 15 is 0 Å². The van der Waals surface area contributed by atoms with Gasteiger partial charge in [0.1, 0.15) is 0 Å². The van der Waals surface area contributed by atoms with Crippen LogP contribution in [0.1, 0.15) is 30.1 Å². The number of piperidine rings is 1. The highest BCUT2D eigenvalue weighted by Gasteiger charge is 2.27. The molecule has 1 heterocycles. The van der Waals surface area contributed by atoms with Crippen LogP contribution in [-0.4, -0.2) is 37.6 Å². The molecule has 128 valence electrons. The molecule has 2 rings (SSSR count). The predicted octanol–water partition coefficient (Wildman–Crippen LogP) is 2.14. The van der Waals surface area contributed by atoms with Crippen LogP contribution in [-0.2, 0) is 0 Å². The molecule has 1 amide bonds. The van der Waals surface area contributed by atoms with Crippen LogP contribution in [0.3, 0.4) is 0 Å². The lowest BCUT2D eigenvalue weighted by molar-refractivity contribution is -0.385. The number of methoxy groups -OCH3 is 1. The third-order valence-electron chi connectivity index (χ3n) is 4.12. The standard InChI is InChI=1S/C15H21N3O4.ClH/c1-15(5-7-16-8-6-15)10-17-14(19)11-3-4-12(18(20)21)13(9-11)22-2;/h3-4,9,16H,5-8,10H2,1-2H3,(H,17,19);1H. The number of nitro benzene ring substituents is 1. The first kappa shape index (κ1) is 19.2. The van der Waals surface area contributed by atoms with Crippen LogP contribution in [0, 0.1) is 15.5 Å². The van der Waals surface area contributed by atoms with Crippen LogP contribution >= 0.6 is 12.4 Å². The largest absolute Gasteiger partial charge is 0.490 e. The van der Waals surface area contributed by atoms with Gasteiger partial charge in [-0.15, -0.1) is 12.4 Å². The highest BCUT2D eigenvalue weighted by molar-refractivity contribution is 5.95. The molecule has 0 spiro atoms. The van der Waals surface area contributed by atoms with Crippen molar-refractivity contribution in [3.8, 4) is 5.75 Å². The lowest BCUT2D eigenvalue weighted by Gasteiger charge is -2.34. The second-order valence-electron chi connectivity index (χ2n) is 5.89. The van der Waals surface area contributed by atoms with Gasteiger partial charge in [-0.25, -0.2) is 0 Å². The van der Waals surface area contributed by atoms with Crippen LogP contribution in [0.25, 0.3) is 0 Å². The van der Waals surface area contributed by atoms with Crippen molar-refractivity contribution in [1.82, 2.24) is 10.6 Å². The maximum atomic E-state index is 12.2. The molecule has 1 aliphatic rings. The molecule has 2 N–H and O–H groups in total. The number of benzene rings is 1. The van der Waals surface area contributed by atoms with Gasteiger partial charge in [0, 0.05) is 24.2 Å². The first-order chi connectivity index (χ1) is 10.4. The van der Waals surface area contributed by atoms with E-state index in [1.165, 1.54) is 25.3 Å². The SMILES string of the molecule is COc1cc(C(=O)NCC2(C)CCNCC2)ccc1[N+](=O)[O-].Cl. The van der Waals surface area contributed by atoms with Crippen molar-refractivity contribution in [1.29, 1.82) is 0 Å². The number of carbonyl (C=O) groups excluding carboxylic acids is 1. The Kier molecular flexibility index (Phi) is 6.78. The molecule has 1 aromatic rings. The Balaban J connectivity index is 0.00000264. The minimum absolute atomic E-state index is 0. The molecule has 1 aromatic carbocycles. The van der Waals surface area contributed by atoms with Crippen LogP contribution in [0.5, 0.6) is 5.75 Å². The van der Waals surface area contributed by atoms with Crippen LogP contribution < -0.4 is 15.4 Å². The van der Waals surface area contributed by atoms with Crippen molar-refractivity contribution in [2.45, 2.75) is 19.8 Å². The smallest absolute Gasteiger partial charge is 0.310 e. The first-order valence-electron chi connectivity index (χ1n) is 7.26. The molecule has 0 radical (unpaired) electrons. The Morgan fingerprint density at radius 2 is 2.09 bits per heavy atom. The third kappa shape index (κ3) is 4.80. The average molecular weight is 344 g/mol. The number of amides is 1. The van der Waals surface area contributed by atoms with Gasteiger partial charge >= 0.3 is 5.69 Å². The minimum Gasteiger partial charge on any atom is -0.490 e. The Morgan fingerprint density at radius 1 is 1.43 bits per heavy atom. The topological polar surface area (TPSA) is 93.5 Å². The van der Waals surface area contributed by atoms with Crippen molar-refractivity contribution in [3.05, 3.63) is 33.9 Å². The second kappa shape index (κ2) is 8.12. The molecule has 0 unspecified atom stereocenters. The van der Waals surface area contributed by atoms with Crippen molar-refractivity contribution in [2.24, 2.45) is 5.41 Å². The first-order valence-corrected chi connectivity index (χ1v) is 7.26. The average Bonchev–Trinajstić information content (AvgIpc) is 2.52. The summed E-state index contributed by atoms with van der Waals surface area (Å²) in [5.74, 6) is -0.154. The maximum absolute atomic E-state index is 12.2. The van der Waals surface area contributed by atoms with Gasteiger partial charge in [0.15, 0.2) is 5.75 Å². The summed E-state index contributed by atoms with van der Waals surface area (Å²) in [6.07, 6.45) is 2.02. The fourth-order valence-corrected chi connectivity index (χ4v) is 2.57. The van der Waals surface area contributed by atoms with E-state index in [4.69, 9.17) is 4.74 Å². The highest BCUT2D eigenvalue weighted by Crippen LogP contribution is 2.29. The molecular formula is C15H22ClN3O4. The van der Waals surface area contributed by atoms with E-state index in [0.717, 1.165) is 25.9 Å². The number of nitrogens with one attached hydrogen (secondary N) is 2. The van der Waals surface area contributed by atoms with Gasteiger partial charge in [0.2, 0.25) is 0 Å². The monoisotopic (exact) mass is 343 g/mol. The molecule has 1 fully saturated rings. The molecule has 8 heteroatoms. The molecule has 1 saturated heterocycles. The number of ether oxygens (including phenoxy) is 1. The fraction of sp³-hybridized carbons (Fsp3) is 0.533. The maximum Gasteiger partial charge on any atom is 0.310 e. The highest BCUT2D eigenvalue weighted by atomic mass is 35.5. The summed E-state index contributed by atoms with van der Waals surface area (Å²) < 4.78 is 4.98. The lowest BCUT2D eigenvalue weighted by Crippen LogP contribution is -2.42. The molecule has 0 bridgehead atoms. The van der Waals surface area contributed by atoms with E-state index in [1.54, 1.807) is 0 Å². The molecule has 0 atom stereocenters. The molecule has 0 aromatic heterocycles. The summed E-state index contributed by atoms with van der Waals surface area (Å²) in [5, 5.41) is 17.1. The van der Waals surface area contributed by atoms with E-state index in [2.05, 4.69) is 17.6 Å². The van der Waals surface area contributed by atoms with Gasteiger partial charge in [0.05, 0.1) is 12.0 Å². The van der Waals surface area contributed by atoms with Gasteiger partial charge in [-0.2, -0.15) is 0 Å². The minimum atomic E-state index is -0.531. The Bertz CT molecular complexity index is 574. The number of carbonyl (C=O) groups is 1. The summed E-state index contributed by atoms with van der Waals surface area (Å²) >= 11 is 0. The fourth-order valence-electron chi connectivity index (χ4n) is 2.57. The van der Waals surface area contributed by atoms with Crippen molar-refractivity contribution in [3.63, 3.8) is 0 Å². The zero-order valence-corrected chi connectivity index (χ0v) is 14.1. The van der Waals surface area contributed by atoms with Crippen molar-refractivity contribution >= 4 is 24.0 Å². The summed E-state index contributed by atoms with van der Waals surface area (Å²) in [6, 6.07) is 4.14. The number of hydrogen-bond acceptors (Lipinski definition) is 5. The molecule has 7 nitrogen and oxygen atoms in total. The summed E-state index contributed by atoms with van der Waals surface area (Å²) in [6.45, 7) is 4.66. The van der Waals surface area contributed by atoms with Gasteiger partial charge < -0.3 is 15.4 Å². The number of hydrogen-bond donors (Lipinski definition) is 2. The van der Waals surface area contributed by atoms with E-state index in [9.17, 15) is 14.9 Å². The Labute approximate surface area is 141 Å². The number of rotatable bonds is 5. The second-order valence-corrected chi connectivity index (χ2v) is 5.89. The van der Waals surface area contributed by atoms with E-state index < -0.39 is 4.92 Å². The third-order valence-corrected chi connectivity index (χ3v) is 4.12. The quantitative estimate of drug-likeness (QED) is 0.631. The predicted molar refractivity (Wildman–Crippen MR) is 89.4 cm³/mol.